The Hall–Kier alpha value is -3.88. The van der Waals surface area contributed by atoms with Crippen LogP contribution in [0.3, 0.4) is 0 Å². The summed E-state index contributed by atoms with van der Waals surface area (Å²) in [6.07, 6.45) is 8.47. The van der Waals surface area contributed by atoms with Crippen LogP contribution in [0.1, 0.15) is 94.7 Å². The first kappa shape index (κ1) is 36.0. The monoisotopic (exact) mass is 647 g/mol. The quantitative estimate of drug-likeness (QED) is 0.235. The number of carbonyl (C=O) groups excluding carboxylic acids is 4. The van der Waals surface area contributed by atoms with Crippen LogP contribution in [0.2, 0.25) is 0 Å². The van der Waals surface area contributed by atoms with E-state index in [9.17, 15) is 19.2 Å². The molecule has 3 amide bonds. The van der Waals surface area contributed by atoms with Crippen molar-refractivity contribution in [3.05, 3.63) is 65.2 Å². The molecule has 2 aromatic rings. The number of nitrogens with zero attached hydrogens (tertiary/aromatic N) is 1. The number of carbonyl (C=O) groups is 4. The fourth-order valence-corrected chi connectivity index (χ4v) is 6.42. The molecule has 1 heterocycles. The molecule has 1 unspecified atom stereocenters. The zero-order valence-corrected chi connectivity index (χ0v) is 28.4. The Kier molecular flexibility index (Phi) is 14.1. The molecule has 47 heavy (non-hydrogen) atoms. The minimum Gasteiger partial charge on any atom is -0.494 e. The van der Waals surface area contributed by atoms with Gasteiger partial charge in [-0.15, -0.1) is 0 Å². The summed E-state index contributed by atoms with van der Waals surface area (Å²) in [5, 5.41) is 5.73. The van der Waals surface area contributed by atoms with Crippen LogP contribution in [-0.4, -0.2) is 60.4 Å². The van der Waals surface area contributed by atoms with Crippen molar-refractivity contribution in [2.24, 2.45) is 11.8 Å². The number of aryl methyl sites for hydroxylation is 2. The van der Waals surface area contributed by atoms with Gasteiger partial charge in [0.15, 0.2) is 5.78 Å². The fourth-order valence-electron chi connectivity index (χ4n) is 6.42. The summed E-state index contributed by atoms with van der Waals surface area (Å²) >= 11 is 0. The summed E-state index contributed by atoms with van der Waals surface area (Å²) < 4.78 is 11.6. The summed E-state index contributed by atoms with van der Waals surface area (Å²) in [7, 11) is 0. The van der Waals surface area contributed by atoms with Gasteiger partial charge in [0.25, 0.3) is 0 Å². The number of piperidine rings is 1. The number of benzene rings is 2. The van der Waals surface area contributed by atoms with E-state index in [1.54, 1.807) is 0 Å². The molecule has 1 aliphatic heterocycles. The summed E-state index contributed by atoms with van der Waals surface area (Å²) in [4.78, 5) is 52.4. The topological polar surface area (TPSA) is 114 Å². The second kappa shape index (κ2) is 18.5. The molecule has 9 heteroatoms. The Balaban J connectivity index is 1.18. The zero-order chi connectivity index (χ0) is 33.6. The standard InChI is InChI=1S/C38H53N3O6/c1-27-17-19-34(23-32(27)25-39-37(44)28(2)16-18-30-11-6-4-7-12-30)46-22-20-31-13-10-21-41(26-31)36(43)24-35(29(3)42)40-38(45)47-33-14-8-5-9-15-33/h4,6-7,11-12,17,19,23,28,31,33,35H,5,8-10,13-16,18,20-22,24-26H2,1-3H3,(H,39,44)(H,40,45)/t28-,31?,35-/m0/s1. The van der Waals surface area contributed by atoms with Crippen molar-refractivity contribution in [1.29, 1.82) is 0 Å². The average Bonchev–Trinajstić information content (AvgIpc) is 3.07. The predicted octanol–water partition coefficient (Wildman–Crippen LogP) is 6.29. The van der Waals surface area contributed by atoms with E-state index in [2.05, 4.69) is 22.8 Å². The number of hydrogen-bond acceptors (Lipinski definition) is 6. The number of likely N-dealkylation sites (tertiary alicyclic amines) is 1. The highest BCUT2D eigenvalue weighted by atomic mass is 16.6. The van der Waals surface area contributed by atoms with Crippen molar-refractivity contribution in [2.75, 3.05) is 19.7 Å². The van der Waals surface area contributed by atoms with E-state index in [0.717, 1.165) is 81.1 Å². The lowest BCUT2D eigenvalue weighted by atomic mass is 9.94. The van der Waals surface area contributed by atoms with Gasteiger partial charge in [0.2, 0.25) is 11.8 Å². The van der Waals surface area contributed by atoms with Gasteiger partial charge in [0.1, 0.15) is 11.9 Å². The summed E-state index contributed by atoms with van der Waals surface area (Å²) in [6.45, 7) is 7.61. The molecule has 0 spiro atoms. The molecule has 1 saturated heterocycles. The van der Waals surface area contributed by atoms with E-state index >= 15 is 0 Å². The zero-order valence-electron chi connectivity index (χ0n) is 28.4. The van der Waals surface area contributed by atoms with Crippen molar-refractivity contribution in [3.63, 3.8) is 0 Å². The van der Waals surface area contributed by atoms with Crippen LogP contribution in [0, 0.1) is 18.8 Å². The third kappa shape index (κ3) is 12.0. The largest absolute Gasteiger partial charge is 0.494 e. The van der Waals surface area contributed by atoms with Gasteiger partial charge in [-0.25, -0.2) is 4.79 Å². The summed E-state index contributed by atoms with van der Waals surface area (Å²) in [5.41, 5.74) is 3.36. The fraction of sp³-hybridized carbons (Fsp3) is 0.579. The van der Waals surface area contributed by atoms with Gasteiger partial charge >= 0.3 is 6.09 Å². The van der Waals surface area contributed by atoms with E-state index in [1.807, 2.05) is 55.1 Å². The lowest BCUT2D eigenvalue weighted by Crippen LogP contribution is -2.47. The van der Waals surface area contributed by atoms with Crippen molar-refractivity contribution in [2.45, 2.75) is 110 Å². The van der Waals surface area contributed by atoms with E-state index in [0.29, 0.717) is 26.2 Å². The first-order chi connectivity index (χ1) is 22.7. The van der Waals surface area contributed by atoms with Crippen molar-refractivity contribution in [1.82, 2.24) is 15.5 Å². The maximum Gasteiger partial charge on any atom is 0.408 e. The highest BCUT2D eigenvalue weighted by Crippen LogP contribution is 2.24. The van der Waals surface area contributed by atoms with Gasteiger partial charge in [-0.05, 0) is 106 Å². The SMILES string of the molecule is CC(=O)[C@H](CC(=O)N1CCCC(CCOc2ccc(C)c(CNC(=O)[C@@H](C)CCc3ccccc3)c2)C1)NC(=O)OC1CCCCC1. The number of amides is 3. The average molecular weight is 648 g/mol. The molecular formula is C38H53N3O6. The third-order valence-corrected chi connectivity index (χ3v) is 9.58. The van der Waals surface area contributed by atoms with Crippen LogP contribution in [0.15, 0.2) is 48.5 Å². The van der Waals surface area contributed by atoms with Crippen LogP contribution in [-0.2, 0) is 32.1 Å². The number of ether oxygens (including phenoxy) is 2. The van der Waals surface area contributed by atoms with E-state index in [1.165, 1.54) is 12.5 Å². The minimum absolute atomic E-state index is 0.0489. The van der Waals surface area contributed by atoms with Gasteiger partial charge in [-0.1, -0.05) is 49.7 Å². The first-order valence-corrected chi connectivity index (χ1v) is 17.5. The number of nitrogens with one attached hydrogen (secondary N) is 2. The molecule has 1 saturated carbocycles. The molecule has 2 aromatic carbocycles. The maximum absolute atomic E-state index is 13.2. The maximum atomic E-state index is 13.2. The van der Waals surface area contributed by atoms with E-state index in [-0.39, 0.29) is 42.0 Å². The van der Waals surface area contributed by atoms with Gasteiger partial charge in [-0.3, -0.25) is 14.4 Å². The number of Topliss-reactive ketones (excluding diaryl/α,β-unsaturated/α-hetero) is 1. The lowest BCUT2D eigenvalue weighted by molar-refractivity contribution is -0.135. The van der Waals surface area contributed by atoms with Crippen molar-refractivity contribution >= 4 is 23.7 Å². The minimum atomic E-state index is -0.889. The molecule has 2 aliphatic rings. The van der Waals surface area contributed by atoms with Gasteiger partial charge in [0, 0.05) is 25.6 Å². The molecule has 3 atom stereocenters. The molecule has 2 fully saturated rings. The van der Waals surface area contributed by atoms with Crippen LogP contribution in [0.4, 0.5) is 4.79 Å². The number of ketones is 1. The molecule has 4 rings (SSSR count). The number of rotatable bonds is 15. The number of hydrogen-bond donors (Lipinski definition) is 2. The second-order valence-corrected chi connectivity index (χ2v) is 13.4. The van der Waals surface area contributed by atoms with Crippen molar-refractivity contribution < 1.29 is 28.7 Å². The van der Waals surface area contributed by atoms with E-state index in [4.69, 9.17) is 9.47 Å². The third-order valence-electron chi connectivity index (χ3n) is 9.58. The molecule has 0 aromatic heterocycles. The Bertz CT molecular complexity index is 1330. The van der Waals surface area contributed by atoms with Gasteiger partial charge in [0.05, 0.1) is 19.1 Å². The highest BCUT2D eigenvalue weighted by molar-refractivity contribution is 5.90. The lowest BCUT2D eigenvalue weighted by Gasteiger charge is -2.33. The second-order valence-electron chi connectivity index (χ2n) is 13.4. The Morgan fingerprint density at radius 2 is 1.74 bits per heavy atom. The predicted molar refractivity (Wildman–Crippen MR) is 182 cm³/mol. The first-order valence-electron chi connectivity index (χ1n) is 17.5. The van der Waals surface area contributed by atoms with Crippen LogP contribution >= 0.6 is 0 Å². The Morgan fingerprint density at radius 1 is 0.979 bits per heavy atom. The van der Waals surface area contributed by atoms with Crippen LogP contribution < -0.4 is 15.4 Å². The molecule has 0 bridgehead atoms. The smallest absolute Gasteiger partial charge is 0.408 e. The Labute approximate surface area is 280 Å². The molecule has 2 N–H and O–H groups in total. The molecule has 1 aliphatic carbocycles. The molecule has 9 nitrogen and oxygen atoms in total. The molecule has 0 radical (unpaired) electrons. The normalized spacial score (nSPS) is 18.1. The van der Waals surface area contributed by atoms with E-state index < -0.39 is 12.1 Å². The van der Waals surface area contributed by atoms with Gasteiger partial charge < -0.3 is 25.0 Å². The van der Waals surface area contributed by atoms with Crippen LogP contribution in [0.5, 0.6) is 5.75 Å². The molecular weight excluding hydrogens is 594 g/mol. The summed E-state index contributed by atoms with van der Waals surface area (Å²) in [5.74, 6) is 0.631. The highest BCUT2D eigenvalue weighted by Gasteiger charge is 2.29. The van der Waals surface area contributed by atoms with Crippen LogP contribution in [0.25, 0.3) is 0 Å². The number of alkyl carbamates (subject to hydrolysis) is 1. The van der Waals surface area contributed by atoms with Crippen molar-refractivity contribution in [3.8, 4) is 5.75 Å². The summed E-state index contributed by atoms with van der Waals surface area (Å²) in [6, 6.07) is 15.3. The van der Waals surface area contributed by atoms with Gasteiger partial charge in [-0.2, -0.15) is 0 Å². The molecule has 256 valence electrons. The Morgan fingerprint density at radius 3 is 2.49 bits per heavy atom.